The molecule has 11 nitrogen and oxygen atoms in total. The van der Waals surface area contributed by atoms with Crippen molar-refractivity contribution in [3.63, 3.8) is 0 Å². The SMILES string of the molecule is COC(=O)Nc1ccc2c(c1)NC(=O)CC/C=C/C[C@H](NC(=O)O)c1nc-2c(Br)n1COCC[Si](C)(C)C. The highest BCUT2D eigenvalue weighted by molar-refractivity contribution is 9.10. The number of carbonyl (C=O) groups is 3. The highest BCUT2D eigenvalue weighted by Crippen LogP contribution is 2.37. The summed E-state index contributed by atoms with van der Waals surface area (Å²) in [6.45, 7) is 7.54. The van der Waals surface area contributed by atoms with E-state index < -0.39 is 26.3 Å². The van der Waals surface area contributed by atoms with Crippen LogP contribution >= 0.6 is 15.9 Å². The summed E-state index contributed by atoms with van der Waals surface area (Å²) < 4.78 is 13.1. The Hall–Kier alpha value is -3.16. The third-order valence-corrected chi connectivity index (χ3v) is 8.33. The number of aromatic nitrogens is 2. The fraction of sp³-hybridized carbons (Fsp3) is 0.440. The van der Waals surface area contributed by atoms with E-state index >= 15 is 0 Å². The Kier molecular flexibility index (Phi) is 10.1. The van der Waals surface area contributed by atoms with Gasteiger partial charge in [-0.25, -0.2) is 14.6 Å². The highest BCUT2D eigenvalue weighted by atomic mass is 79.9. The number of benzene rings is 1. The van der Waals surface area contributed by atoms with E-state index in [9.17, 15) is 19.5 Å². The molecule has 0 unspecified atom stereocenters. The molecule has 38 heavy (non-hydrogen) atoms. The smallest absolute Gasteiger partial charge is 0.411 e. The van der Waals surface area contributed by atoms with Crippen LogP contribution in [0.15, 0.2) is 35.0 Å². The fourth-order valence-corrected chi connectivity index (χ4v) is 5.14. The maximum atomic E-state index is 12.7. The number of halogens is 1. The molecule has 0 saturated carbocycles. The van der Waals surface area contributed by atoms with Crippen molar-refractivity contribution in [2.24, 2.45) is 0 Å². The molecule has 13 heteroatoms. The molecule has 0 radical (unpaired) electrons. The monoisotopic (exact) mass is 607 g/mol. The summed E-state index contributed by atoms with van der Waals surface area (Å²) in [6, 6.07) is 5.35. The van der Waals surface area contributed by atoms with Gasteiger partial charge in [0.1, 0.15) is 22.9 Å². The first-order valence-corrected chi connectivity index (χ1v) is 16.8. The minimum Gasteiger partial charge on any atom is -0.465 e. The van der Waals surface area contributed by atoms with Gasteiger partial charge < -0.3 is 25.2 Å². The zero-order valence-corrected chi connectivity index (χ0v) is 24.6. The minimum atomic E-state index is -1.31. The molecule has 0 aliphatic carbocycles. The van der Waals surface area contributed by atoms with Gasteiger partial charge in [-0.3, -0.25) is 14.7 Å². The Morgan fingerprint density at radius 2 is 2.05 bits per heavy atom. The van der Waals surface area contributed by atoms with Crippen LogP contribution in [-0.4, -0.2) is 54.5 Å². The van der Waals surface area contributed by atoms with Gasteiger partial charge in [0.15, 0.2) is 0 Å². The lowest BCUT2D eigenvalue weighted by Crippen LogP contribution is -2.29. The van der Waals surface area contributed by atoms with Crippen LogP contribution in [0, 0.1) is 0 Å². The Labute approximate surface area is 231 Å². The molecule has 3 rings (SSSR count). The van der Waals surface area contributed by atoms with Crippen molar-refractivity contribution in [3.05, 3.63) is 40.8 Å². The van der Waals surface area contributed by atoms with Gasteiger partial charge in [0.2, 0.25) is 5.91 Å². The van der Waals surface area contributed by atoms with E-state index in [2.05, 4.69) is 56.3 Å². The lowest BCUT2D eigenvalue weighted by atomic mass is 10.1. The average molecular weight is 609 g/mol. The first kappa shape index (κ1) is 29.4. The number of hydrogen-bond acceptors (Lipinski definition) is 6. The fourth-order valence-electron chi connectivity index (χ4n) is 3.80. The van der Waals surface area contributed by atoms with Gasteiger partial charge in [-0.15, -0.1) is 0 Å². The van der Waals surface area contributed by atoms with E-state index in [1.165, 1.54) is 7.11 Å². The van der Waals surface area contributed by atoms with Crippen LogP contribution in [0.2, 0.25) is 25.7 Å². The van der Waals surface area contributed by atoms with Crippen LogP contribution in [0.1, 0.15) is 31.1 Å². The van der Waals surface area contributed by atoms with Gasteiger partial charge >= 0.3 is 12.2 Å². The maximum Gasteiger partial charge on any atom is 0.411 e. The number of nitrogens with zero attached hydrogens (tertiary/aromatic N) is 2. The first-order valence-electron chi connectivity index (χ1n) is 12.3. The van der Waals surface area contributed by atoms with Crippen molar-refractivity contribution in [3.8, 4) is 11.3 Å². The second-order valence-electron chi connectivity index (χ2n) is 10.1. The molecule has 1 aromatic heterocycles. The van der Waals surface area contributed by atoms with Gasteiger partial charge in [-0.1, -0.05) is 31.8 Å². The van der Waals surface area contributed by atoms with Gasteiger partial charge in [0.05, 0.1) is 18.8 Å². The number of rotatable bonds is 7. The molecular weight excluding hydrogens is 574 g/mol. The summed E-state index contributed by atoms with van der Waals surface area (Å²) in [6.07, 6.45) is 2.93. The van der Waals surface area contributed by atoms with Gasteiger partial charge in [-0.05, 0) is 53.0 Å². The van der Waals surface area contributed by atoms with Crippen molar-refractivity contribution >= 4 is 53.5 Å². The van der Waals surface area contributed by atoms with Gasteiger partial charge in [0.25, 0.3) is 0 Å². The number of methoxy groups -OCH3 is 1. The highest BCUT2D eigenvalue weighted by Gasteiger charge is 2.26. The van der Waals surface area contributed by atoms with Crippen LogP contribution < -0.4 is 16.0 Å². The van der Waals surface area contributed by atoms with Crippen LogP contribution in [0.5, 0.6) is 0 Å². The predicted octanol–water partition coefficient (Wildman–Crippen LogP) is 5.79. The number of imidazole rings is 1. The Bertz CT molecular complexity index is 1210. The number of ether oxygens (including phenoxy) is 2. The number of nitrogens with one attached hydrogen (secondary N) is 3. The molecule has 4 N–H and O–H groups in total. The molecule has 2 heterocycles. The Morgan fingerprint density at radius 3 is 2.74 bits per heavy atom. The van der Waals surface area contributed by atoms with Gasteiger partial charge in [0, 0.05) is 32.4 Å². The molecule has 0 fully saturated rings. The van der Waals surface area contributed by atoms with Gasteiger partial charge in [-0.2, -0.15) is 0 Å². The molecule has 0 spiro atoms. The number of amides is 3. The summed E-state index contributed by atoms with van der Waals surface area (Å²) in [7, 11) is -0.0440. The minimum absolute atomic E-state index is 0.165. The molecule has 1 atom stereocenters. The molecule has 1 aliphatic rings. The van der Waals surface area contributed by atoms with Crippen LogP contribution in [0.25, 0.3) is 11.3 Å². The molecule has 2 aromatic rings. The Morgan fingerprint density at radius 1 is 1.29 bits per heavy atom. The van der Waals surface area contributed by atoms with Crippen molar-refractivity contribution in [2.75, 3.05) is 24.4 Å². The normalized spacial score (nSPS) is 16.7. The summed E-state index contributed by atoms with van der Waals surface area (Å²) in [5.41, 5.74) is 1.94. The molecule has 3 amide bonds. The quantitative estimate of drug-likeness (QED) is 0.177. The molecule has 1 aromatic carbocycles. The average Bonchev–Trinajstić information content (AvgIpc) is 3.15. The number of carbonyl (C=O) groups excluding carboxylic acids is 2. The zero-order valence-electron chi connectivity index (χ0n) is 22.0. The molecule has 1 aliphatic heterocycles. The standard InChI is InChI=1S/C25H34BrN5O6Si/c1-36-25(35)27-16-10-11-17-19(14-16)28-20(32)9-7-5-6-8-18(29-24(33)34)23-30-21(17)22(26)31(23)15-37-12-13-38(2,3)4/h5-6,10-11,14,18,29H,7-9,12-13,15H2,1-4H3,(H,27,35)(H,28,32)(H,33,34)/b6-5+/t18-/m0/s1. The van der Waals surface area contributed by atoms with Crippen LogP contribution in [-0.2, 0) is 21.0 Å². The molecule has 0 saturated heterocycles. The number of carboxylic acid groups (broad SMARTS) is 1. The topological polar surface area (TPSA) is 144 Å². The molecule has 206 valence electrons. The molecular formula is C25H34BrN5O6Si. The van der Waals surface area contributed by atoms with Crippen molar-refractivity contribution in [1.82, 2.24) is 14.9 Å². The second-order valence-corrected chi connectivity index (χ2v) is 16.4. The third kappa shape index (κ3) is 8.17. The third-order valence-electron chi connectivity index (χ3n) is 5.82. The van der Waals surface area contributed by atoms with E-state index in [1.807, 2.05) is 12.2 Å². The van der Waals surface area contributed by atoms with Crippen LogP contribution in [0.3, 0.4) is 0 Å². The van der Waals surface area contributed by atoms with E-state index in [4.69, 9.17) is 9.72 Å². The summed E-state index contributed by atoms with van der Waals surface area (Å²) >= 11 is 3.65. The van der Waals surface area contributed by atoms with E-state index in [0.29, 0.717) is 52.5 Å². The van der Waals surface area contributed by atoms with Crippen molar-refractivity contribution < 1.29 is 29.0 Å². The van der Waals surface area contributed by atoms with Crippen molar-refractivity contribution in [1.29, 1.82) is 0 Å². The zero-order chi connectivity index (χ0) is 27.9. The predicted molar refractivity (Wildman–Crippen MR) is 151 cm³/mol. The van der Waals surface area contributed by atoms with E-state index in [-0.39, 0.29) is 19.1 Å². The van der Waals surface area contributed by atoms with E-state index in [1.54, 1.807) is 22.8 Å². The number of hydrogen-bond donors (Lipinski definition) is 4. The van der Waals surface area contributed by atoms with Crippen LogP contribution in [0.4, 0.5) is 21.0 Å². The largest absolute Gasteiger partial charge is 0.465 e. The summed E-state index contributed by atoms with van der Waals surface area (Å²) in [5.74, 6) is 0.260. The summed E-state index contributed by atoms with van der Waals surface area (Å²) in [5, 5.41) is 17.6. The number of fused-ring (bicyclic) bond motifs is 4. The lowest BCUT2D eigenvalue weighted by Gasteiger charge is -2.19. The maximum absolute atomic E-state index is 12.7. The van der Waals surface area contributed by atoms with Crippen molar-refractivity contribution in [2.45, 2.75) is 57.7 Å². The second kappa shape index (κ2) is 13.1. The first-order chi connectivity index (χ1) is 18.0. The lowest BCUT2D eigenvalue weighted by molar-refractivity contribution is -0.116. The number of anilines is 2. The number of allylic oxidation sites excluding steroid dienone is 1. The molecule has 2 bridgehead atoms. The summed E-state index contributed by atoms with van der Waals surface area (Å²) in [4.78, 5) is 41.0. The van der Waals surface area contributed by atoms with E-state index in [0.717, 1.165) is 6.04 Å². The Balaban J connectivity index is 2.11.